The van der Waals surface area contributed by atoms with Gasteiger partial charge in [-0.3, -0.25) is 9.59 Å². The highest BCUT2D eigenvalue weighted by Gasteiger charge is 2.14. The normalized spacial score (nSPS) is 10.9. The Kier molecular flexibility index (Phi) is 8.17. The molecule has 0 aromatic heterocycles. The van der Waals surface area contributed by atoms with Gasteiger partial charge in [0, 0.05) is 11.3 Å². The van der Waals surface area contributed by atoms with Crippen LogP contribution in [0.1, 0.15) is 18.1 Å². The first-order valence-electron chi connectivity index (χ1n) is 10.2. The maximum absolute atomic E-state index is 13.0. The van der Waals surface area contributed by atoms with Crippen LogP contribution in [0.5, 0.6) is 17.2 Å². The minimum atomic E-state index is -0.915. The van der Waals surface area contributed by atoms with Crippen LogP contribution in [-0.2, 0) is 16.2 Å². The number of hydrogen-bond acceptors (Lipinski definition) is 6. The number of nitrogens with zero attached hydrogens (tertiary/aromatic N) is 1. The summed E-state index contributed by atoms with van der Waals surface area (Å²) in [7, 11) is 3.03. The number of hydrazone groups is 1. The van der Waals surface area contributed by atoms with Crippen molar-refractivity contribution in [2.75, 3.05) is 19.5 Å². The van der Waals surface area contributed by atoms with Crippen molar-refractivity contribution < 1.29 is 28.2 Å². The number of anilines is 1. The number of amides is 2. The van der Waals surface area contributed by atoms with Gasteiger partial charge in [-0.25, -0.2) is 9.82 Å². The smallest absolute Gasteiger partial charge is 0.329 e. The second-order valence-electron chi connectivity index (χ2n) is 7.10. The Morgan fingerprint density at radius 1 is 0.882 bits per heavy atom. The Morgan fingerprint density at radius 3 is 2.24 bits per heavy atom. The first-order chi connectivity index (χ1) is 16.4. The molecule has 8 nitrogen and oxygen atoms in total. The molecule has 0 saturated carbocycles. The number of carbonyl (C=O) groups is 2. The molecule has 9 heteroatoms. The Balaban J connectivity index is 1.60. The molecule has 0 unspecified atom stereocenters. The summed E-state index contributed by atoms with van der Waals surface area (Å²) in [5, 5.41) is 6.48. The van der Waals surface area contributed by atoms with E-state index in [1.165, 1.54) is 26.4 Å². The van der Waals surface area contributed by atoms with Crippen LogP contribution in [0.2, 0.25) is 0 Å². The van der Waals surface area contributed by atoms with Crippen molar-refractivity contribution in [2.45, 2.75) is 13.5 Å². The van der Waals surface area contributed by atoms with Crippen LogP contribution in [0, 0.1) is 5.82 Å². The van der Waals surface area contributed by atoms with Crippen molar-refractivity contribution >= 4 is 23.2 Å². The van der Waals surface area contributed by atoms with E-state index in [9.17, 15) is 14.0 Å². The zero-order chi connectivity index (χ0) is 24.5. The molecule has 0 saturated heterocycles. The second-order valence-corrected chi connectivity index (χ2v) is 7.10. The molecule has 0 aliphatic heterocycles. The maximum Gasteiger partial charge on any atom is 0.329 e. The number of rotatable bonds is 8. The van der Waals surface area contributed by atoms with Gasteiger partial charge in [-0.15, -0.1) is 0 Å². The van der Waals surface area contributed by atoms with E-state index >= 15 is 0 Å². The van der Waals surface area contributed by atoms with E-state index in [1.54, 1.807) is 61.5 Å². The van der Waals surface area contributed by atoms with E-state index in [4.69, 9.17) is 14.2 Å². The van der Waals surface area contributed by atoms with Crippen LogP contribution in [0.25, 0.3) is 0 Å². The lowest BCUT2D eigenvalue weighted by atomic mass is 10.1. The largest absolute Gasteiger partial charge is 0.497 e. The lowest BCUT2D eigenvalue weighted by Gasteiger charge is -2.12. The Bertz CT molecular complexity index is 1180. The minimum absolute atomic E-state index is 0.239. The summed E-state index contributed by atoms with van der Waals surface area (Å²) in [5.41, 5.74) is 4.60. The van der Waals surface area contributed by atoms with Gasteiger partial charge in [0.15, 0.2) is 11.5 Å². The molecular formula is C25H24FN3O5. The number of ether oxygens (including phenoxy) is 3. The zero-order valence-electron chi connectivity index (χ0n) is 18.9. The Morgan fingerprint density at radius 2 is 1.59 bits per heavy atom. The second kappa shape index (κ2) is 11.5. The van der Waals surface area contributed by atoms with Crippen molar-refractivity contribution in [2.24, 2.45) is 5.10 Å². The van der Waals surface area contributed by atoms with Gasteiger partial charge in [0.1, 0.15) is 18.2 Å². The van der Waals surface area contributed by atoms with Gasteiger partial charge in [0.2, 0.25) is 0 Å². The van der Waals surface area contributed by atoms with Gasteiger partial charge >= 0.3 is 11.8 Å². The summed E-state index contributed by atoms with van der Waals surface area (Å²) in [6.07, 6.45) is 0. The molecule has 2 amide bonds. The molecule has 0 atom stereocenters. The molecule has 176 valence electrons. The molecule has 0 fully saturated rings. The van der Waals surface area contributed by atoms with Crippen molar-refractivity contribution in [3.05, 3.63) is 83.7 Å². The molecule has 0 aliphatic rings. The molecule has 0 bridgehead atoms. The van der Waals surface area contributed by atoms with Crippen LogP contribution < -0.4 is 25.0 Å². The van der Waals surface area contributed by atoms with Crippen molar-refractivity contribution in [1.29, 1.82) is 0 Å². The SMILES string of the molecule is COc1ccc(NC(=O)C(=O)NN=C(C)c2ccc(OCc3ccc(F)cc3)c(OC)c2)cc1. The van der Waals surface area contributed by atoms with E-state index in [1.807, 2.05) is 0 Å². The van der Waals surface area contributed by atoms with Gasteiger partial charge in [-0.2, -0.15) is 5.10 Å². The predicted molar refractivity (Wildman–Crippen MR) is 126 cm³/mol. The van der Waals surface area contributed by atoms with Gasteiger partial charge in [-0.05, 0) is 67.1 Å². The van der Waals surface area contributed by atoms with Gasteiger partial charge in [0.05, 0.1) is 19.9 Å². The average molecular weight is 465 g/mol. The van der Waals surface area contributed by atoms with Gasteiger partial charge < -0.3 is 19.5 Å². The van der Waals surface area contributed by atoms with E-state index in [0.29, 0.717) is 34.2 Å². The third-order valence-electron chi connectivity index (χ3n) is 4.77. The Hall–Kier alpha value is -4.40. The summed E-state index contributed by atoms with van der Waals surface area (Å²) < 4.78 is 29.3. The molecular weight excluding hydrogens is 441 g/mol. The standard InChI is InChI=1S/C25H24FN3O5/c1-16(28-29-25(31)24(30)27-20-9-11-21(32-2)12-10-20)18-6-13-22(23(14-18)33-3)34-15-17-4-7-19(26)8-5-17/h4-14H,15H2,1-3H3,(H,27,30)(H,29,31). The quantitative estimate of drug-likeness (QED) is 0.299. The summed E-state index contributed by atoms with van der Waals surface area (Å²) >= 11 is 0. The van der Waals surface area contributed by atoms with E-state index < -0.39 is 11.8 Å². The molecule has 0 aliphatic carbocycles. The summed E-state index contributed by atoms with van der Waals surface area (Å²) in [6.45, 7) is 1.91. The number of nitrogens with one attached hydrogen (secondary N) is 2. The summed E-state index contributed by atoms with van der Waals surface area (Å²) in [5.74, 6) is -0.509. The first kappa shape index (κ1) is 24.2. The lowest BCUT2D eigenvalue weighted by molar-refractivity contribution is -0.136. The molecule has 3 rings (SSSR count). The first-order valence-corrected chi connectivity index (χ1v) is 10.2. The van der Waals surface area contributed by atoms with E-state index in [0.717, 1.165) is 5.56 Å². The lowest BCUT2D eigenvalue weighted by Crippen LogP contribution is -2.32. The number of hydrogen-bond donors (Lipinski definition) is 2. The molecule has 3 aromatic rings. The third-order valence-corrected chi connectivity index (χ3v) is 4.77. The fourth-order valence-electron chi connectivity index (χ4n) is 2.87. The molecule has 0 spiro atoms. The van der Waals surface area contributed by atoms with Crippen LogP contribution in [0.3, 0.4) is 0 Å². The third kappa shape index (κ3) is 6.55. The van der Waals surface area contributed by atoms with Gasteiger partial charge in [-0.1, -0.05) is 12.1 Å². The number of methoxy groups -OCH3 is 2. The molecule has 0 heterocycles. The minimum Gasteiger partial charge on any atom is -0.497 e. The van der Waals surface area contributed by atoms with Crippen LogP contribution in [-0.4, -0.2) is 31.7 Å². The van der Waals surface area contributed by atoms with Crippen molar-refractivity contribution in [3.63, 3.8) is 0 Å². The molecule has 2 N–H and O–H groups in total. The predicted octanol–water partition coefficient (Wildman–Crippen LogP) is 3.90. The monoisotopic (exact) mass is 465 g/mol. The highest BCUT2D eigenvalue weighted by Crippen LogP contribution is 2.29. The van der Waals surface area contributed by atoms with Crippen molar-refractivity contribution in [1.82, 2.24) is 5.43 Å². The highest BCUT2D eigenvalue weighted by molar-refractivity contribution is 6.39. The van der Waals surface area contributed by atoms with Gasteiger partial charge in [0.25, 0.3) is 0 Å². The summed E-state index contributed by atoms with van der Waals surface area (Å²) in [4.78, 5) is 24.2. The molecule has 34 heavy (non-hydrogen) atoms. The van der Waals surface area contributed by atoms with Crippen LogP contribution >= 0.6 is 0 Å². The van der Waals surface area contributed by atoms with Crippen molar-refractivity contribution in [3.8, 4) is 17.2 Å². The zero-order valence-corrected chi connectivity index (χ0v) is 18.9. The average Bonchev–Trinajstić information content (AvgIpc) is 2.87. The molecule has 3 aromatic carbocycles. The van der Waals surface area contributed by atoms with Crippen LogP contribution in [0.15, 0.2) is 71.8 Å². The van der Waals surface area contributed by atoms with Crippen LogP contribution in [0.4, 0.5) is 10.1 Å². The number of benzene rings is 3. The summed E-state index contributed by atoms with van der Waals surface area (Å²) in [6, 6.07) is 17.7. The maximum atomic E-state index is 13.0. The van der Waals surface area contributed by atoms with E-state index in [2.05, 4.69) is 15.8 Å². The topological polar surface area (TPSA) is 98.2 Å². The fourth-order valence-corrected chi connectivity index (χ4v) is 2.87. The molecule has 0 radical (unpaired) electrons. The van der Waals surface area contributed by atoms with E-state index in [-0.39, 0.29) is 12.4 Å². The Labute approximate surface area is 196 Å². The number of halogens is 1. The fraction of sp³-hybridized carbons (Fsp3) is 0.160. The highest BCUT2D eigenvalue weighted by atomic mass is 19.1. The number of carbonyl (C=O) groups excluding carboxylic acids is 2.